The van der Waals surface area contributed by atoms with Crippen molar-refractivity contribution in [2.45, 2.75) is 31.1 Å². The Morgan fingerprint density at radius 2 is 2.31 bits per heavy atom. The summed E-state index contributed by atoms with van der Waals surface area (Å²) < 4.78 is 0. The van der Waals surface area contributed by atoms with Gasteiger partial charge >= 0.3 is 0 Å². The molecule has 0 aromatic heterocycles. The zero-order valence-electron chi connectivity index (χ0n) is 10.3. The fourth-order valence-electron chi connectivity index (χ4n) is 2.45. The zero-order chi connectivity index (χ0) is 11.2. The number of thioether (sulfide) groups is 2. The van der Waals surface area contributed by atoms with Crippen LogP contribution in [0.15, 0.2) is 0 Å². The second kappa shape index (κ2) is 7.14. The van der Waals surface area contributed by atoms with Crippen molar-refractivity contribution in [3.8, 4) is 0 Å². The van der Waals surface area contributed by atoms with Crippen LogP contribution in [0.25, 0.3) is 0 Å². The Morgan fingerprint density at radius 1 is 1.38 bits per heavy atom. The molecule has 94 valence electrons. The average Bonchev–Trinajstić information content (AvgIpc) is 2.55. The summed E-state index contributed by atoms with van der Waals surface area (Å²) in [5.74, 6) is 4.09. The van der Waals surface area contributed by atoms with Gasteiger partial charge in [0.2, 0.25) is 0 Å². The van der Waals surface area contributed by atoms with E-state index in [1.165, 1.54) is 56.3 Å². The minimum Gasteiger partial charge on any atom is -0.313 e. The van der Waals surface area contributed by atoms with Gasteiger partial charge in [0.1, 0.15) is 0 Å². The van der Waals surface area contributed by atoms with Crippen LogP contribution in [0.3, 0.4) is 0 Å². The Morgan fingerprint density at radius 3 is 3.06 bits per heavy atom. The van der Waals surface area contributed by atoms with E-state index in [1.807, 2.05) is 0 Å². The van der Waals surface area contributed by atoms with E-state index in [-0.39, 0.29) is 0 Å². The molecule has 16 heavy (non-hydrogen) atoms. The lowest BCUT2D eigenvalue weighted by Gasteiger charge is -2.29. The molecule has 2 aliphatic rings. The molecule has 2 saturated heterocycles. The molecule has 0 saturated carbocycles. The molecule has 0 radical (unpaired) electrons. The van der Waals surface area contributed by atoms with E-state index in [0.717, 1.165) is 11.3 Å². The van der Waals surface area contributed by atoms with Gasteiger partial charge in [0.25, 0.3) is 0 Å². The van der Waals surface area contributed by atoms with E-state index in [1.54, 1.807) is 0 Å². The van der Waals surface area contributed by atoms with Crippen LogP contribution in [-0.4, -0.2) is 59.6 Å². The first kappa shape index (κ1) is 13.1. The van der Waals surface area contributed by atoms with Crippen LogP contribution < -0.4 is 5.32 Å². The van der Waals surface area contributed by atoms with E-state index in [0.29, 0.717) is 0 Å². The van der Waals surface area contributed by atoms with Gasteiger partial charge in [-0.1, -0.05) is 6.92 Å². The van der Waals surface area contributed by atoms with Gasteiger partial charge in [0.05, 0.1) is 0 Å². The maximum atomic E-state index is 3.64. The summed E-state index contributed by atoms with van der Waals surface area (Å²) in [6.45, 7) is 7.38. The Kier molecular flexibility index (Phi) is 5.83. The molecule has 0 aromatic carbocycles. The van der Waals surface area contributed by atoms with Gasteiger partial charge in [-0.25, -0.2) is 0 Å². The zero-order valence-corrected chi connectivity index (χ0v) is 11.9. The number of nitrogens with one attached hydrogen (secondary N) is 1. The Balaban J connectivity index is 1.77. The molecule has 2 rings (SSSR count). The van der Waals surface area contributed by atoms with Crippen LogP contribution in [0.1, 0.15) is 19.8 Å². The predicted octanol–water partition coefficient (Wildman–Crippen LogP) is 1.91. The topological polar surface area (TPSA) is 15.3 Å². The molecule has 2 heterocycles. The third kappa shape index (κ3) is 4.13. The molecule has 0 amide bonds. The highest BCUT2D eigenvalue weighted by atomic mass is 32.2. The second-order valence-electron chi connectivity index (χ2n) is 4.74. The van der Waals surface area contributed by atoms with Crippen molar-refractivity contribution in [2.75, 3.05) is 43.4 Å². The van der Waals surface area contributed by atoms with Crippen LogP contribution in [0, 0.1) is 0 Å². The largest absolute Gasteiger partial charge is 0.313 e. The minimum atomic E-state index is 0.726. The lowest BCUT2D eigenvalue weighted by Crippen LogP contribution is -2.40. The summed E-state index contributed by atoms with van der Waals surface area (Å²) >= 11 is 4.33. The van der Waals surface area contributed by atoms with Crippen molar-refractivity contribution in [1.82, 2.24) is 10.2 Å². The van der Waals surface area contributed by atoms with Crippen LogP contribution in [-0.2, 0) is 0 Å². The van der Waals surface area contributed by atoms with E-state index < -0.39 is 0 Å². The van der Waals surface area contributed by atoms with Crippen LogP contribution in [0.2, 0.25) is 0 Å². The van der Waals surface area contributed by atoms with Crippen LogP contribution in [0.4, 0.5) is 0 Å². The molecule has 2 fully saturated rings. The quantitative estimate of drug-likeness (QED) is 0.833. The fraction of sp³-hybridized carbons (Fsp3) is 1.00. The monoisotopic (exact) mass is 260 g/mol. The van der Waals surface area contributed by atoms with Crippen molar-refractivity contribution < 1.29 is 0 Å². The van der Waals surface area contributed by atoms with Crippen molar-refractivity contribution >= 4 is 23.5 Å². The van der Waals surface area contributed by atoms with Crippen molar-refractivity contribution in [3.63, 3.8) is 0 Å². The van der Waals surface area contributed by atoms with Crippen molar-refractivity contribution in [3.05, 3.63) is 0 Å². The maximum Gasteiger partial charge on any atom is 0.0265 e. The van der Waals surface area contributed by atoms with Crippen LogP contribution >= 0.6 is 23.5 Å². The Hall–Kier alpha value is 0.620. The standard InChI is InChI=1S/C12H24N2S2/c1-2-11-8-14(5-3-4-13-11)9-12-10-15-6-7-16-12/h11-13H,2-10H2,1H3. The highest BCUT2D eigenvalue weighted by Crippen LogP contribution is 2.25. The summed E-state index contributed by atoms with van der Waals surface area (Å²) in [5.41, 5.74) is 0. The van der Waals surface area contributed by atoms with E-state index in [2.05, 4.69) is 40.7 Å². The number of nitrogens with zero attached hydrogens (tertiary/aromatic N) is 1. The maximum absolute atomic E-state index is 3.64. The van der Waals surface area contributed by atoms with Crippen molar-refractivity contribution in [2.24, 2.45) is 0 Å². The molecule has 0 aromatic rings. The van der Waals surface area contributed by atoms with Gasteiger partial charge < -0.3 is 10.2 Å². The molecule has 2 atom stereocenters. The normalized spacial score (nSPS) is 33.6. The Bertz CT molecular complexity index is 195. The average molecular weight is 260 g/mol. The molecule has 0 spiro atoms. The first-order valence-electron chi connectivity index (χ1n) is 6.53. The van der Waals surface area contributed by atoms with E-state index in [4.69, 9.17) is 0 Å². The molecule has 4 heteroatoms. The summed E-state index contributed by atoms with van der Waals surface area (Å²) in [4.78, 5) is 2.69. The first-order valence-corrected chi connectivity index (χ1v) is 8.74. The summed E-state index contributed by atoms with van der Waals surface area (Å²) in [6.07, 6.45) is 2.59. The fourth-order valence-corrected chi connectivity index (χ4v) is 5.16. The number of hydrogen-bond acceptors (Lipinski definition) is 4. The molecule has 0 bridgehead atoms. The molecule has 0 aliphatic carbocycles. The summed E-state index contributed by atoms with van der Waals surface area (Å²) in [6, 6.07) is 0.726. The molecular weight excluding hydrogens is 236 g/mol. The Labute approximate surface area is 108 Å². The van der Waals surface area contributed by atoms with E-state index >= 15 is 0 Å². The summed E-state index contributed by atoms with van der Waals surface area (Å²) in [5, 5.41) is 4.53. The summed E-state index contributed by atoms with van der Waals surface area (Å²) in [7, 11) is 0. The molecule has 1 N–H and O–H groups in total. The van der Waals surface area contributed by atoms with Gasteiger partial charge in [0.15, 0.2) is 0 Å². The van der Waals surface area contributed by atoms with Gasteiger partial charge in [-0.2, -0.15) is 23.5 Å². The number of rotatable bonds is 3. The van der Waals surface area contributed by atoms with Gasteiger partial charge in [0, 0.05) is 41.6 Å². The lowest BCUT2D eigenvalue weighted by molar-refractivity contribution is 0.269. The van der Waals surface area contributed by atoms with E-state index in [9.17, 15) is 0 Å². The van der Waals surface area contributed by atoms with Gasteiger partial charge in [-0.05, 0) is 25.9 Å². The highest BCUT2D eigenvalue weighted by molar-refractivity contribution is 8.06. The SMILES string of the molecule is CCC1CN(CC2CSCCS2)CCCN1. The molecule has 2 aliphatic heterocycles. The van der Waals surface area contributed by atoms with Gasteiger partial charge in [-0.3, -0.25) is 0 Å². The highest BCUT2D eigenvalue weighted by Gasteiger charge is 2.21. The lowest BCUT2D eigenvalue weighted by atomic mass is 10.2. The smallest absolute Gasteiger partial charge is 0.0265 e. The number of hydrogen-bond donors (Lipinski definition) is 1. The molecular formula is C12H24N2S2. The minimum absolute atomic E-state index is 0.726. The third-order valence-corrected chi connectivity index (χ3v) is 6.23. The van der Waals surface area contributed by atoms with Crippen LogP contribution in [0.5, 0.6) is 0 Å². The second-order valence-corrected chi connectivity index (χ2v) is 7.30. The van der Waals surface area contributed by atoms with Gasteiger partial charge in [-0.15, -0.1) is 0 Å². The first-order chi connectivity index (χ1) is 7.88. The third-order valence-electron chi connectivity index (χ3n) is 3.40. The predicted molar refractivity (Wildman–Crippen MR) is 76.7 cm³/mol. The molecule has 2 unspecified atom stereocenters. The molecule has 2 nitrogen and oxygen atoms in total. The van der Waals surface area contributed by atoms with Crippen molar-refractivity contribution in [1.29, 1.82) is 0 Å².